The molecular weight excluding hydrogens is 294 g/mol. The first-order valence-electron chi connectivity index (χ1n) is 4.80. The number of nitrogens with zero attached hydrogens (tertiary/aromatic N) is 2. The summed E-state index contributed by atoms with van der Waals surface area (Å²) in [5.41, 5.74) is -5.14. The first-order chi connectivity index (χ1) is 9.11. The second-order valence-electron chi connectivity index (χ2n) is 3.47. The van der Waals surface area contributed by atoms with Crippen molar-refractivity contribution in [2.45, 2.75) is 12.4 Å². The summed E-state index contributed by atoms with van der Waals surface area (Å²) in [7, 11) is 0. The van der Waals surface area contributed by atoms with E-state index in [0.29, 0.717) is 6.07 Å². The Morgan fingerprint density at radius 1 is 0.800 bits per heavy atom. The number of oxime groups is 2. The molecule has 0 spiro atoms. The van der Waals surface area contributed by atoms with Gasteiger partial charge in [0.1, 0.15) is 0 Å². The molecule has 110 valence electrons. The Balaban J connectivity index is 3.35. The second kappa shape index (κ2) is 5.39. The van der Waals surface area contributed by atoms with Gasteiger partial charge in [0.25, 0.3) is 0 Å². The van der Waals surface area contributed by atoms with Crippen LogP contribution in [0.1, 0.15) is 11.1 Å². The van der Waals surface area contributed by atoms with Crippen LogP contribution in [0, 0.1) is 0 Å². The predicted molar refractivity (Wildman–Crippen MR) is 55.2 cm³/mol. The van der Waals surface area contributed by atoms with Gasteiger partial charge in [0.15, 0.2) is 11.4 Å². The summed E-state index contributed by atoms with van der Waals surface area (Å²) < 4.78 is 74.8. The van der Waals surface area contributed by atoms with E-state index in [1.54, 1.807) is 0 Å². The van der Waals surface area contributed by atoms with Gasteiger partial charge >= 0.3 is 12.4 Å². The minimum atomic E-state index is -5.05. The smallest absolute Gasteiger partial charge is 0.410 e. The van der Waals surface area contributed by atoms with Crippen molar-refractivity contribution in [3.63, 3.8) is 0 Å². The van der Waals surface area contributed by atoms with Crippen LogP contribution in [0.25, 0.3) is 0 Å². The Labute approximate surface area is 107 Å². The Kier molecular flexibility index (Phi) is 4.26. The van der Waals surface area contributed by atoms with E-state index in [0.717, 1.165) is 18.2 Å². The summed E-state index contributed by atoms with van der Waals surface area (Å²) in [5, 5.41) is 20.7. The number of halogens is 6. The molecule has 0 fully saturated rings. The van der Waals surface area contributed by atoms with E-state index in [1.165, 1.54) is 0 Å². The van der Waals surface area contributed by atoms with Gasteiger partial charge in [-0.15, -0.1) is 0 Å². The summed E-state index contributed by atoms with van der Waals surface area (Å²) in [6.07, 6.45) is -10.1. The molecule has 20 heavy (non-hydrogen) atoms. The molecule has 0 atom stereocenters. The summed E-state index contributed by atoms with van der Waals surface area (Å²) in [5.74, 6) is 0. The fourth-order valence-electron chi connectivity index (χ4n) is 1.37. The van der Waals surface area contributed by atoms with Gasteiger partial charge in [-0.25, -0.2) is 0 Å². The number of alkyl halides is 6. The van der Waals surface area contributed by atoms with Crippen molar-refractivity contribution >= 4 is 11.4 Å². The molecule has 0 heterocycles. The molecule has 0 saturated heterocycles. The second-order valence-corrected chi connectivity index (χ2v) is 3.47. The molecule has 1 aromatic carbocycles. The Morgan fingerprint density at radius 2 is 1.15 bits per heavy atom. The van der Waals surface area contributed by atoms with E-state index in [4.69, 9.17) is 10.4 Å². The van der Waals surface area contributed by atoms with Crippen LogP contribution in [0.2, 0.25) is 0 Å². The molecule has 0 aliphatic heterocycles. The highest BCUT2D eigenvalue weighted by Crippen LogP contribution is 2.26. The van der Waals surface area contributed by atoms with Crippen molar-refractivity contribution in [2.75, 3.05) is 0 Å². The van der Waals surface area contributed by atoms with Gasteiger partial charge in [-0.05, 0) is 6.07 Å². The summed E-state index contributed by atoms with van der Waals surface area (Å²) in [6, 6.07) is 2.93. The predicted octanol–water partition coefficient (Wildman–Crippen LogP) is 3.17. The van der Waals surface area contributed by atoms with Crippen LogP contribution in [0.4, 0.5) is 26.3 Å². The third kappa shape index (κ3) is 3.39. The maximum absolute atomic E-state index is 12.5. The van der Waals surface area contributed by atoms with Crippen molar-refractivity contribution in [2.24, 2.45) is 10.3 Å². The molecule has 1 rings (SSSR count). The van der Waals surface area contributed by atoms with Crippen LogP contribution in [0.3, 0.4) is 0 Å². The van der Waals surface area contributed by atoms with Crippen LogP contribution in [0.5, 0.6) is 0 Å². The zero-order valence-corrected chi connectivity index (χ0v) is 9.37. The van der Waals surface area contributed by atoms with Gasteiger partial charge in [-0.2, -0.15) is 26.3 Å². The molecule has 1 aromatic rings. The Hall–Kier alpha value is -2.26. The van der Waals surface area contributed by atoms with Crippen molar-refractivity contribution < 1.29 is 36.8 Å². The lowest BCUT2D eigenvalue weighted by molar-refractivity contribution is -0.0607. The molecule has 0 aromatic heterocycles. The highest BCUT2D eigenvalue weighted by molar-refractivity contribution is 6.08. The normalized spacial score (nSPS) is 14.5. The Morgan fingerprint density at radius 3 is 1.40 bits per heavy atom. The van der Waals surface area contributed by atoms with E-state index >= 15 is 0 Å². The summed E-state index contributed by atoms with van der Waals surface area (Å²) in [6.45, 7) is 0. The first-order valence-corrected chi connectivity index (χ1v) is 4.80. The molecule has 4 nitrogen and oxygen atoms in total. The van der Waals surface area contributed by atoms with E-state index in [2.05, 4.69) is 0 Å². The van der Waals surface area contributed by atoms with Gasteiger partial charge in [-0.1, -0.05) is 28.5 Å². The largest absolute Gasteiger partial charge is 0.437 e. The van der Waals surface area contributed by atoms with E-state index < -0.39 is 34.9 Å². The van der Waals surface area contributed by atoms with Crippen molar-refractivity contribution in [1.29, 1.82) is 0 Å². The summed E-state index contributed by atoms with van der Waals surface area (Å²) >= 11 is 0. The zero-order valence-electron chi connectivity index (χ0n) is 9.37. The lowest BCUT2D eigenvalue weighted by atomic mass is 10.0. The SMILES string of the molecule is O/N=C(/c1cccc(/C(=N/O)C(F)(F)F)c1)C(F)(F)F. The standard InChI is InChI=1S/C10H6F6N2O2/c11-9(12,13)7(17-19)5-2-1-3-6(4-5)8(18-20)10(14,15)16/h1-4,19-20H/b17-7-,18-8-. The van der Waals surface area contributed by atoms with Crippen molar-refractivity contribution in [3.8, 4) is 0 Å². The van der Waals surface area contributed by atoms with Gasteiger partial charge in [-0.3, -0.25) is 0 Å². The molecule has 0 unspecified atom stereocenters. The maximum atomic E-state index is 12.5. The number of hydrogen-bond acceptors (Lipinski definition) is 4. The minimum Gasteiger partial charge on any atom is -0.410 e. The number of rotatable bonds is 2. The van der Waals surface area contributed by atoms with Crippen LogP contribution >= 0.6 is 0 Å². The lowest BCUT2D eigenvalue weighted by Crippen LogP contribution is -2.26. The lowest BCUT2D eigenvalue weighted by Gasteiger charge is -2.12. The molecule has 0 amide bonds. The van der Waals surface area contributed by atoms with E-state index in [1.807, 2.05) is 10.3 Å². The molecular formula is C10H6F6N2O2. The average Bonchev–Trinajstić information content (AvgIpc) is 2.27. The fraction of sp³-hybridized carbons (Fsp3) is 0.200. The van der Waals surface area contributed by atoms with Crippen molar-refractivity contribution in [1.82, 2.24) is 0 Å². The molecule has 0 aliphatic carbocycles. The molecule has 10 heteroatoms. The number of hydrogen-bond donors (Lipinski definition) is 2. The highest BCUT2D eigenvalue weighted by atomic mass is 19.4. The molecule has 2 N–H and O–H groups in total. The average molecular weight is 300 g/mol. The van der Waals surface area contributed by atoms with Gasteiger partial charge in [0.05, 0.1) is 0 Å². The Bertz CT molecular complexity index is 502. The minimum absolute atomic E-state index is 0.449. The monoisotopic (exact) mass is 300 g/mol. The maximum Gasteiger partial charge on any atom is 0.437 e. The van der Waals surface area contributed by atoms with E-state index in [9.17, 15) is 26.3 Å². The zero-order chi connectivity index (χ0) is 15.6. The topological polar surface area (TPSA) is 65.2 Å². The van der Waals surface area contributed by atoms with E-state index in [-0.39, 0.29) is 0 Å². The summed E-state index contributed by atoms with van der Waals surface area (Å²) in [4.78, 5) is 0. The third-order valence-corrected chi connectivity index (χ3v) is 2.15. The molecule has 0 aliphatic rings. The number of benzene rings is 1. The van der Waals surface area contributed by atoms with Crippen LogP contribution in [0.15, 0.2) is 34.6 Å². The van der Waals surface area contributed by atoms with Gasteiger partial charge < -0.3 is 10.4 Å². The van der Waals surface area contributed by atoms with Crippen molar-refractivity contribution in [3.05, 3.63) is 35.4 Å². The molecule has 0 radical (unpaired) electrons. The quantitative estimate of drug-likeness (QED) is 0.381. The highest BCUT2D eigenvalue weighted by Gasteiger charge is 2.40. The molecule has 0 bridgehead atoms. The third-order valence-electron chi connectivity index (χ3n) is 2.15. The molecule has 0 saturated carbocycles. The van der Waals surface area contributed by atoms with Gasteiger partial charge in [0.2, 0.25) is 0 Å². The van der Waals surface area contributed by atoms with Gasteiger partial charge in [0, 0.05) is 11.1 Å². The first kappa shape index (κ1) is 15.8. The fourth-order valence-corrected chi connectivity index (χ4v) is 1.37. The van der Waals surface area contributed by atoms with Crippen LogP contribution < -0.4 is 0 Å². The van der Waals surface area contributed by atoms with Crippen LogP contribution in [-0.4, -0.2) is 34.2 Å². The van der Waals surface area contributed by atoms with Crippen LogP contribution in [-0.2, 0) is 0 Å².